The number of amides is 4. The van der Waals surface area contributed by atoms with Crippen LogP contribution in [-0.4, -0.2) is 45.2 Å². The van der Waals surface area contributed by atoms with E-state index in [4.69, 9.17) is 0 Å². The number of fused-ring (bicyclic) bond motifs is 6. The first kappa shape index (κ1) is 22.8. The summed E-state index contributed by atoms with van der Waals surface area (Å²) in [4.78, 5) is 47.9. The Labute approximate surface area is 210 Å². The normalized spacial score (nSPS) is 24.1. The first-order valence-electron chi connectivity index (χ1n) is 13.0. The number of hydrogen-bond acceptors (Lipinski definition) is 3. The van der Waals surface area contributed by atoms with Crippen molar-refractivity contribution in [3.8, 4) is 0 Å². The summed E-state index contributed by atoms with van der Waals surface area (Å²) >= 11 is 0. The first-order valence-corrected chi connectivity index (χ1v) is 13.0. The van der Waals surface area contributed by atoms with Crippen molar-refractivity contribution in [2.45, 2.75) is 64.1 Å². The van der Waals surface area contributed by atoms with Gasteiger partial charge in [0.15, 0.2) is 5.54 Å². The van der Waals surface area contributed by atoms with Gasteiger partial charge >= 0.3 is 6.03 Å². The van der Waals surface area contributed by atoms with E-state index in [9.17, 15) is 14.4 Å². The molecule has 0 bridgehead atoms. The summed E-state index contributed by atoms with van der Waals surface area (Å²) in [7, 11) is 0. The van der Waals surface area contributed by atoms with Crippen molar-refractivity contribution in [2.75, 3.05) is 6.54 Å². The van der Waals surface area contributed by atoms with Crippen LogP contribution in [0.25, 0.3) is 10.9 Å². The predicted molar refractivity (Wildman–Crippen MR) is 137 cm³/mol. The van der Waals surface area contributed by atoms with Crippen LogP contribution >= 0.6 is 0 Å². The van der Waals surface area contributed by atoms with Gasteiger partial charge in [0, 0.05) is 17.4 Å². The molecule has 0 unspecified atom stereocenters. The number of imide groups is 1. The molecule has 2 aromatic carbocycles. The Morgan fingerprint density at radius 2 is 1.83 bits per heavy atom. The molecule has 1 aromatic heterocycles. The van der Waals surface area contributed by atoms with E-state index >= 15 is 0 Å². The zero-order chi connectivity index (χ0) is 25.2. The summed E-state index contributed by atoms with van der Waals surface area (Å²) in [6.45, 7) is 6.05. The van der Waals surface area contributed by atoms with E-state index in [0.29, 0.717) is 13.0 Å². The quantitative estimate of drug-likeness (QED) is 0.538. The van der Waals surface area contributed by atoms with E-state index < -0.39 is 11.6 Å². The van der Waals surface area contributed by atoms with Gasteiger partial charge in [-0.25, -0.2) is 9.69 Å². The summed E-state index contributed by atoms with van der Waals surface area (Å²) in [5.41, 5.74) is 4.02. The summed E-state index contributed by atoms with van der Waals surface area (Å²) < 4.78 is 0. The van der Waals surface area contributed by atoms with Crippen LogP contribution in [0.4, 0.5) is 4.79 Å². The lowest BCUT2D eigenvalue weighted by Gasteiger charge is -2.36. The lowest BCUT2D eigenvalue weighted by atomic mass is 9.86. The lowest BCUT2D eigenvalue weighted by Crippen LogP contribution is -2.54. The Hall–Kier alpha value is -3.61. The third kappa shape index (κ3) is 3.14. The number of hydrogen-bond donors (Lipinski definition) is 2. The number of para-hydroxylation sites is 1. The molecule has 186 valence electrons. The van der Waals surface area contributed by atoms with Crippen molar-refractivity contribution in [3.63, 3.8) is 0 Å². The van der Waals surface area contributed by atoms with Crippen molar-refractivity contribution in [3.05, 3.63) is 70.9 Å². The molecule has 7 heteroatoms. The van der Waals surface area contributed by atoms with Crippen molar-refractivity contribution < 1.29 is 14.4 Å². The molecule has 1 fully saturated rings. The maximum absolute atomic E-state index is 14.1. The fourth-order valence-electron chi connectivity index (χ4n) is 6.54. The van der Waals surface area contributed by atoms with Gasteiger partial charge < -0.3 is 15.2 Å². The largest absolute Gasteiger partial charge is 0.356 e. The third-order valence-corrected chi connectivity index (χ3v) is 8.36. The van der Waals surface area contributed by atoms with Crippen LogP contribution in [-0.2, 0) is 28.0 Å². The number of rotatable bonds is 4. The molecular weight excluding hydrogens is 452 g/mol. The molecule has 1 aliphatic carbocycles. The topological polar surface area (TPSA) is 85.5 Å². The van der Waals surface area contributed by atoms with Crippen LogP contribution in [0.2, 0.25) is 0 Å². The number of nitrogens with one attached hydrogen (secondary N) is 2. The molecule has 2 aliphatic heterocycles. The SMILES string of the molecule is CC(C)[C@@H](C(=O)N[C@H]1CCCc2ccccc21)N1C(=O)N2CCc3c([nH]c4ccccc34)[C@@]2(C)C1=O. The van der Waals surface area contributed by atoms with Gasteiger partial charge in [0.25, 0.3) is 5.91 Å². The Kier molecular flexibility index (Phi) is 5.21. The highest BCUT2D eigenvalue weighted by atomic mass is 16.2. The molecule has 3 aliphatic rings. The number of carbonyl (C=O) groups is 3. The van der Waals surface area contributed by atoms with Crippen LogP contribution in [0.3, 0.4) is 0 Å². The minimum absolute atomic E-state index is 0.116. The molecule has 6 rings (SSSR count). The Balaban J connectivity index is 1.35. The summed E-state index contributed by atoms with van der Waals surface area (Å²) in [6, 6.07) is 14.8. The molecule has 0 saturated carbocycles. The van der Waals surface area contributed by atoms with E-state index in [2.05, 4.69) is 28.5 Å². The van der Waals surface area contributed by atoms with Gasteiger partial charge in [0.1, 0.15) is 6.04 Å². The first-order chi connectivity index (χ1) is 17.3. The number of aryl methyl sites for hydroxylation is 1. The van der Waals surface area contributed by atoms with Gasteiger partial charge in [-0.05, 0) is 61.3 Å². The smallest absolute Gasteiger partial charge is 0.328 e. The summed E-state index contributed by atoms with van der Waals surface area (Å²) in [6.07, 6.45) is 3.50. The molecule has 4 amide bonds. The molecule has 1 saturated heterocycles. The number of aromatic nitrogens is 1. The molecule has 3 heterocycles. The fourth-order valence-corrected chi connectivity index (χ4v) is 6.54. The molecule has 36 heavy (non-hydrogen) atoms. The summed E-state index contributed by atoms with van der Waals surface area (Å²) in [5.74, 6) is -0.838. The van der Waals surface area contributed by atoms with E-state index in [1.54, 1.807) is 4.90 Å². The van der Waals surface area contributed by atoms with Gasteiger partial charge in [0.2, 0.25) is 5.91 Å². The third-order valence-electron chi connectivity index (χ3n) is 8.36. The number of carbonyl (C=O) groups excluding carboxylic acids is 3. The van der Waals surface area contributed by atoms with Crippen LogP contribution in [0.5, 0.6) is 0 Å². The van der Waals surface area contributed by atoms with E-state index in [0.717, 1.165) is 47.0 Å². The highest BCUT2D eigenvalue weighted by Crippen LogP contribution is 2.45. The average Bonchev–Trinajstić information content (AvgIpc) is 3.34. The highest BCUT2D eigenvalue weighted by Gasteiger charge is 2.61. The maximum atomic E-state index is 14.1. The predicted octanol–water partition coefficient (Wildman–Crippen LogP) is 4.42. The number of benzene rings is 2. The monoisotopic (exact) mass is 484 g/mol. The minimum atomic E-state index is -1.16. The van der Waals surface area contributed by atoms with Gasteiger partial charge in [-0.3, -0.25) is 9.59 Å². The maximum Gasteiger partial charge on any atom is 0.328 e. The van der Waals surface area contributed by atoms with Crippen LogP contribution in [0.1, 0.15) is 62.0 Å². The van der Waals surface area contributed by atoms with Gasteiger partial charge in [0.05, 0.1) is 11.7 Å². The fraction of sp³-hybridized carbons (Fsp3) is 0.414. The van der Waals surface area contributed by atoms with Crippen molar-refractivity contribution >= 4 is 28.7 Å². The van der Waals surface area contributed by atoms with E-state index in [1.807, 2.05) is 51.1 Å². The van der Waals surface area contributed by atoms with Crippen LogP contribution in [0, 0.1) is 5.92 Å². The van der Waals surface area contributed by atoms with Gasteiger partial charge in [-0.2, -0.15) is 0 Å². The number of H-pyrrole nitrogens is 1. The molecular formula is C29H32N4O3. The average molecular weight is 485 g/mol. The standard InChI is InChI=1S/C29H32N4O3/c1-17(2)24(26(34)31-22-14-8-10-18-9-4-5-11-19(18)22)33-27(35)29(3)25-21(15-16-32(29)28(33)36)20-12-6-7-13-23(20)30-25/h4-7,9,11-13,17,22,24,30H,8,10,14-16H2,1-3H3,(H,31,34)/t22-,24-,29-/m0/s1. The van der Waals surface area contributed by atoms with Crippen molar-refractivity contribution in [1.82, 2.24) is 20.1 Å². The van der Waals surface area contributed by atoms with E-state index in [1.165, 1.54) is 10.5 Å². The highest BCUT2D eigenvalue weighted by molar-refractivity contribution is 6.11. The van der Waals surface area contributed by atoms with E-state index in [-0.39, 0.29) is 29.8 Å². The molecule has 7 nitrogen and oxygen atoms in total. The molecule has 0 radical (unpaired) electrons. The number of aromatic amines is 1. The lowest BCUT2D eigenvalue weighted by molar-refractivity contribution is -0.141. The second-order valence-corrected chi connectivity index (χ2v) is 10.8. The van der Waals surface area contributed by atoms with Gasteiger partial charge in [-0.15, -0.1) is 0 Å². The number of nitrogens with zero attached hydrogens (tertiary/aromatic N) is 2. The molecule has 3 aromatic rings. The molecule has 0 spiro atoms. The van der Waals surface area contributed by atoms with Crippen LogP contribution in [0.15, 0.2) is 48.5 Å². The Morgan fingerprint density at radius 3 is 2.64 bits per heavy atom. The van der Waals surface area contributed by atoms with Crippen LogP contribution < -0.4 is 5.32 Å². The van der Waals surface area contributed by atoms with Crippen molar-refractivity contribution in [1.29, 1.82) is 0 Å². The molecule has 2 N–H and O–H groups in total. The zero-order valence-electron chi connectivity index (χ0n) is 21.0. The van der Waals surface area contributed by atoms with Crippen molar-refractivity contribution in [2.24, 2.45) is 5.92 Å². The zero-order valence-corrected chi connectivity index (χ0v) is 21.0. The Bertz CT molecular complexity index is 1390. The Morgan fingerprint density at radius 1 is 1.08 bits per heavy atom. The van der Waals surface area contributed by atoms with Gasteiger partial charge in [-0.1, -0.05) is 56.3 Å². The second-order valence-electron chi connectivity index (χ2n) is 10.8. The molecule has 3 atom stereocenters. The minimum Gasteiger partial charge on any atom is -0.356 e. The second kappa shape index (κ2) is 8.22. The number of urea groups is 1. The summed E-state index contributed by atoms with van der Waals surface area (Å²) in [5, 5.41) is 4.28.